The number of benzene rings is 8. The summed E-state index contributed by atoms with van der Waals surface area (Å²) in [6.07, 6.45) is -2.64. The standard InChI is InChI=1S/C78H64Cl4O19S4/c1-42(98-63(83)34-94-55-26-22-51(79)67-46(5)47-14-6-10-18-59(47)102-74(55)67)30-90-38-78(39-91-31-43(2)99-64(84)35-95-56-27-23-52(80)68-71(87)48-15-7-11-19-60(48)103-75(56)68,40-92-32-44(3)100-65(85)36-96-57-28-24-53(81)69-72(88)49-16-8-12-20-61(49)104-76(57)69)41-93-33-45(4)101-66(86)37-97-58-29-25-54(82)70-73(89)50-17-9-13-21-62(50)105-77(58)70/h6-29,42,44-45H,2,5,30-41H2,1,3-4H3. The van der Waals surface area contributed by atoms with E-state index < -0.39 is 74.0 Å². The lowest BCUT2D eigenvalue weighted by atomic mass is 9.92. The van der Waals surface area contributed by atoms with Gasteiger partial charge in [-0.15, -0.1) is 34.0 Å². The molecule has 105 heavy (non-hydrogen) atoms. The third-order valence-electron chi connectivity index (χ3n) is 16.3. The van der Waals surface area contributed by atoms with E-state index in [-0.39, 0.29) is 123 Å². The molecule has 27 heteroatoms. The lowest BCUT2D eigenvalue weighted by molar-refractivity contribution is -0.161. The highest BCUT2D eigenvalue weighted by Crippen LogP contribution is 2.51. The van der Waals surface area contributed by atoms with E-state index in [4.69, 9.17) is 103 Å². The third-order valence-corrected chi connectivity index (χ3v) is 22.3. The van der Waals surface area contributed by atoms with E-state index in [2.05, 4.69) is 13.2 Å². The van der Waals surface area contributed by atoms with E-state index in [1.165, 1.54) is 64.0 Å². The third kappa shape index (κ3) is 17.9. The Labute approximate surface area is 636 Å². The molecule has 0 saturated heterocycles. The van der Waals surface area contributed by atoms with Crippen LogP contribution >= 0.6 is 92.2 Å². The summed E-state index contributed by atoms with van der Waals surface area (Å²) in [4.78, 5) is 96.2. The number of carbonyl (C=O) groups is 4. The van der Waals surface area contributed by atoms with Gasteiger partial charge in [-0.05, 0) is 123 Å². The SMILES string of the molecule is C=C(COCC(COCC(C)OC(=O)COc1ccc(Cl)c2c1Sc1ccccc1C2=C)(COCC(C)OC(=O)COc1ccc(Cl)c2c(=O)c3ccccc3sc12)COCC(C)OC(=O)COc1ccc(Cl)c2c(=O)c3ccccc3sc12)OC(=O)COc1ccc(Cl)c2c(=O)c3ccccc3sc12. The molecular weight excluding hydrogens is 1510 g/mol. The van der Waals surface area contributed by atoms with Crippen molar-refractivity contribution in [3.8, 4) is 23.0 Å². The summed E-state index contributed by atoms with van der Waals surface area (Å²) in [7, 11) is 0. The summed E-state index contributed by atoms with van der Waals surface area (Å²) in [5.74, 6) is -2.04. The van der Waals surface area contributed by atoms with Crippen LogP contribution in [0.2, 0.25) is 20.1 Å². The number of esters is 4. The minimum absolute atomic E-state index is 0.124. The first kappa shape index (κ1) is 76.0. The molecule has 0 fully saturated rings. The van der Waals surface area contributed by atoms with Crippen molar-refractivity contribution in [2.45, 2.75) is 48.9 Å². The van der Waals surface area contributed by atoms with Crippen LogP contribution in [0.25, 0.3) is 66.1 Å². The Morgan fingerprint density at radius 3 is 1.21 bits per heavy atom. The molecule has 542 valence electrons. The summed E-state index contributed by atoms with van der Waals surface area (Å²) < 4.78 is 75.6. The maximum Gasteiger partial charge on any atom is 0.349 e. The first-order chi connectivity index (χ1) is 50.6. The largest absolute Gasteiger partial charge is 0.481 e. The molecule has 1 aliphatic heterocycles. The zero-order valence-corrected chi connectivity index (χ0v) is 62.7. The second-order valence-corrected chi connectivity index (χ2v) is 30.3. The van der Waals surface area contributed by atoms with Crippen molar-refractivity contribution in [2.75, 3.05) is 79.3 Å². The number of carbonyl (C=O) groups excluding carboxylic acids is 4. The molecule has 1 aliphatic rings. The highest BCUT2D eigenvalue weighted by atomic mass is 35.5. The molecular formula is C78H64Cl4O19S4. The molecule has 3 atom stereocenters. The van der Waals surface area contributed by atoms with E-state index in [0.29, 0.717) is 65.6 Å². The zero-order valence-electron chi connectivity index (χ0n) is 56.4. The van der Waals surface area contributed by atoms with Gasteiger partial charge in [-0.2, -0.15) is 0 Å². The van der Waals surface area contributed by atoms with Crippen LogP contribution in [0.5, 0.6) is 23.0 Å². The first-order valence-electron chi connectivity index (χ1n) is 32.6. The van der Waals surface area contributed by atoms with Gasteiger partial charge in [-0.1, -0.05) is 126 Å². The fraction of sp³-hybridized carbons (Fsp3) is 0.244. The molecule has 0 saturated carbocycles. The summed E-state index contributed by atoms with van der Waals surface area (Å²) in [5.41, 5.74) is 0.188. The highest BCUT2D eigenvalue weighted by Gasteiger charge is 2.35. The van der Waals surface area contributed by atoms with Crippen molar-refractivity contribution >= 4 is 182 Å². The first-order valence-corrected chi connectivity index (χ1v) is 37.4. The molecule has 3 unspecified atom stereocenters. The quantitative estimate of drug-likeness (QED) is 0.0165. The van der Waals surface area contributed by atoms with Crippen molar-refractivity contribution in [1.82, 2.24) is 0 Å². The average Bonchev–Trinajstić information content (AvgIpc) is 0.781. The van der Waals surface area contributed by atoms with E-state index in [1.807, 2.05) is 48.5 Å². The van der Waals surface area contributed by atoms with Crippen LogP contribution in [0, 0.1) is 5.41 Å². The fourth-order valence-corrected chi connectivity index (χ4v) is 17.5. The summed E-state index contributed by atoms with van der Waals surface area (Å²) in [5, 5.41) is 3.41. The minimum atomic E-state index is -1.32. The molecule has 0 spiro atoms. The molecule has 4 heterocycles. The average molecular weight is 1580 g/mol. The molecule has 12 rings (SSSR count). The predicted molar refractivity (Wildman–Crippen MR) is 412 cm³/mol. The van der Waals surface area contributed by atoms with E-state index in [1.54, 1.807) is 99.6 Å². The molecule has 0 N–H and O–H groups in total. The van der Waals surface area contributed by atoms with Crippen LogP contribution in [0.3, 0.4) is 0 Å². The number of hydrogen-bond donors (Lipinski definition) is 0. The Balaban J connectivity index is 0.731. The Morgan fingerprint density at radius 2 is 0.781 bits per heavy atom. The van der Waals surface area contributed by atoms with E-state index in [9.17, 15) is 33.6 Å². The van der Waals surface area contributed by atoms with Crippen molar-refractivity contribution in [3.05, 3.63) is 226 Å². The lowest BCUT2D eigenvalue weighted by Gasteiger charge is -2.34. The Hall–Kier alpha value is -8.66. The van der Waals surface area contributed by atoms with Gasteiger partial charge in [0.2, 0.25) is 0 Å². The molecule has 0 bridgehead atoms. The van der Waals surface area contributed by atoms with E-state index >= 15 is 0 Å². The Morgan fingerprint density at radius 1 is 0.429 bits per heavy atom. The van der Waals surface area contributed by atoms with Gasteiger partial charge in [0.05, 0.1) is 102 Å². The Bertz CT molecular complexity index is 5240. The predicted octanol–water partition coefficient (Wildman–Crippen LogP) is 16.5. The maximum atomic E-state index is 13.5. The summed E-state index contributed by atoms with van der Waals surface area (Å²) in [6, 6.07) is 41.7. The summed E-state index contributed by atoms with van der Waals surface area (Å²) >= 11 is 31.6. The van der Waals surface area contributed by atoms with Crippen molar-refractivity contribution in [1.29, 1.82) is 0 Å². The maximum absolute atomic E-state index is 13.5. The number of fused-ring (bicyclic) bond motifs is 8. The lowest BCUT2D eigenvalue weighted by Crippen LogP contribution is -2.44. The molecule has 0 radical (unpaired) electrons. The monoisotopic (exact) mass is 1570 g/mol. The van der Waals surface area contributed by atoms with Gasteiger partial charge in [0, 0.05) is 45.7 Å². The second kappa shape index (κ2) is 34.3. The van der Waals surface area contributed by atoms with Crippen molar-refractivity contribution < 1.29 is 76.0 Å². The minimum Gasteiger partial charge on any atom is -0.481 e. The van der Waals surface area contributed by atoms with Gasteiger partial charge in [0.1, 0.15) is 53.7 Å². The topological polar surface area (TPSA) is 230 Å². The molecule has 11 aromatic rings. The Kier molecular flexibility index (Phi) is 24.8. The molecule has 3 aromatic heterocycles. The van der Waals surface area contributed by atoms with Gasteiger partial charge < -0.3 is 56.8 Å². The molecule has 0 aliphatic carbocycles. The van der Waals surface area contributed by atoms with Crippen molar-refractivity contribution in [2.24, 2.45) is 5.41 Å². The number of ether oxygens (including phenoxy) is 12. The molecule has 0 amide bonds. The van der Waals surface area contributed by atoms with Crippen LogP contribution in [0.1, 0.15) is 31.9 Å². The normalized spacial score (nSPS) is 13.4. The van der Waals surface area contributed by atoms with Crippen LogP contribution in [-0.4, -0.2) is 121 Å². The van der Waals surface area contributed by atoms with Crippen LogP contribution in [-0.2, 0) is 57.1 Å². The van der Waals surface area contributed by atoms with Crippen LogP contribution in [0.15, 0.2) is 189 Å². The smallest absolute Gasteiger partial charge is 0.349 e. The van der Waals surface area contributed by atoms with Gasteiger partial charge in [-0.25, -0.2) is 19.2 Å². The van der Waals surface area contributed by atoms with Gasteiger partial charge in [-0.3, -0.25) is 14.4 Å². The molecule has 8 aromatic carbocycles. The number of hydrogen-bond acceptors (Lipinski definition) is 23. The van der Waals surface area contributed by atoms with Crippen LogP contribution in [0.4, 0.5) is 0 Å². The zero-order chi connectivity index (χ0) is 74.1. The second-order valence-electron chi connectivity index (χ2n) is 24.5. The number of halogens is 4. The highest BCUT2D eigenvalue weighted by molar-refractivity contribution is 7.99. The van der Waals surface area contributed by atoms with Gasteiger partial charge in [0.25, 0.3) is 0 Å². The van der Waals surface area contributed by atoms with Gasteiger partial charge >= 0.3 is 23.9 Å². The van der Waals surface area contributed by atoms with E-state index in [0.717, 1.165) is 16.0 Å². The number of rotatable bonds is 32. The molecule has 19 nitrogen and oxygen atoms in total. The van der Waals surface area contributed by atoms with Crippen molar-refractivity contribution in [3.63, 3.8) is 0 Å². The fourth-order valence-electron chi connectivity index (χ4n) is 11.5. The van der Waals surface area contributed by atoms with Crippen LogP contribution < -0.4 is 35.2 Å². The summed E-state index contributed by atoms with van der Waals surface area (Å²) in [6.45, 7) is 9.04. The van der Waals surface area contributed by atoms with Gasteiger partial charge in [0.15, 0.2) is 42.7 Å².